The van der Waals surface area contributed by atoms with Gasteiger partial charge in [-0.05, 0) is 54.6 Å². The third-order valence-electron chi connectivity index (χ3n) is 6.01. The van der Waals surface area contributed by atoms with Gasteiger partial charge in [-0.1, -0.05) is 22.9 Å². The fraction of sp³-hybridized carbons (Fsp3) is 0.0769. The number of anilines is 2. The van der Waals surface area contributed by atoms with Crippen molar-refractivity contribution in [3.05, 3.63) is 89.6 Å². The van der Waals surface area contributed by atoms with Crippen molar-refractivity contribution >= 4 is 61.5 Å². The molecule has 4 aromatic heterocycles. The van der Waals surface area contributed by atoms with Crippen LogP contribution in [-0.2, 0) is 11.2 Å². The van der Waals surface area contributed by atoms with Crippen molar-refractivity contribution < 1.29 is 14.7 Å². The van der Waals surface area contributed by atoms with E-state index in [0.717, 1.165) is 26.6 Å². The van der Waals surface area contributed by atoms with Gasteiger partial charge in [-0.2, -0.15) is 0 Å². The van der Waals surface area contributed by atoms with Crippen molar-refractivity contribution in [1.82, 2.24) is 34.9 Å². The number of benzene rings is 2. The monoisotopic (exact) mass is 558 g/mol. The second-order valence-corrected chi connectivity index (χ2v) is 10.1. The summed E-state index contributed by atoms with van der Waals surface area (Å²) in [7, 11) is 0. The number of hydrogen-bond acceptors (Lipinski definition) is 8. The Hall–Kier alpha value is -4.81. The van der Waals surface area contributed by atoms with Gasteiger partial charge >= 0.3 is 5.97 Å². The molecule has 0 radical (unpaired) electrons. The molecule has 0 spiro atoms. The van der Waals surface area contributed by atoms with Crippen LogP contribution in [0.3, 0.4) is 0 Å². The zero-order valence-electron chi connectivity index (χ0n) is 20.0. The van der Waals surface area contributed by atoms with Gasteiger partial charge in [0.15, 0.2) is 16.6 Å². The fourth-order valence-electron chi connectivity index (χ4n) is 4.12. The number of nitrogens with one attached hydrogen (secondary N) is 3. The van der Waals surface area contributed by atoms with E-state index in [-0.39, 0.29) is 12.0 Å². The molecule has 6 aromatic rings. The number of carbonyl (C=O) groups excluding carboxylic acids is 1. The number of carbonyl (C=O) groups is 2. The molecule has 0 fully saturated rings. The van der Waals surface area contributed by atoms with Gasteiger partial charge in [-0.15, -0.1) is 10.2 Å². The quantitative estimate of drug-likeness (QED) is 0.212. The SMILES string of the molecule is O=C(N[C@@H](Cc1cnc[nH]1)C(=O)O)c1cccn2c(-c3ccc(Nc4nc5ccc(Cl)cc5s4)cc3)nnc12. The summed E-state index contributed by atoms with van der Waals surface area (Å²) in [5.41, 5.74) is 3.61. The van der Waals surface area contributed by atoms with Crippen molar-refractivity contribution in [3.63, 3.8) is 0 Å². The Morgan fingerprint density at radius 1 is 1.13 bits per heavy atom. The topological polar surface area (TPSA) is 150 Å². The van der Waals surface area contributed by atoms with Crippen LogP contribution in [-0.4, -0.2) is 52.6 Å². The Kier molecular flexibility index (Phi) is 6.39. The smallest absolute Gasteiger partial charge is 0.326 e. The van der Waals surface area contributed by atoms with Gasteiger partial charge in [0.2, 0.25) is 0 Å². The van der Waals surface area contributed by atoms with E-state index < -0.39 is 17.9 Å². The number of thiazole rings is 1. The molecule has 0 aliphatic heterocycles. The van der Waals surface area contributed by atoms with Crippen LogP contribution in [0.5, 0.6) is 0 Å². The van der Waals surface area contributed by atoms with E-state index >= 15 is 0 Å². The molecule has 11 nitrogen and oxygen atoms in total. The first-order valence-electron chi connectivity index (χ1n) is 11.7. The van der Waals surface area contributed by atoms with Crippen molar-refractivity contribution in [2.75, 3.05) is 5.32 Å². The maximum atomic E-state index is 13.0. The molecule has 0 aliphatic rings. The van der Waals surface area contributed by atoms with E-state index in [1.54, 1.807) is 22.7 Å². The Morgan fingerprint density at radius 2 is 1.97 bits per heavy atom. The van der Waals surface area contributed by atoms with Crippen molar-refractivity contribution in [2.24, 2.45) is 0 Å². The number of halogens is 1. The predicted molar refractivity (Wildman–Crippen MR) is 148 cm³/mol. The van der Waals surface area contributed by atoms with Gasteiger partial charge in [0.1, 0.15) is 6.04 Å². The summed E-state index contributed by atoms with van der Waals surface area (Å²) >= 11 is 7.59. The van der Waals surface area contributed by atoms with Crippen LogP contribution >= 0.6 is 22.9 Å². The Morgan fingerprint density at radius 3 is 2.74 bits per heavy atom. The molecular weight excluding hydrogens is 540 g/mol. The highest BCUT2D eigenvalue weighted by molar-refractivity contribution is 7.22. The maximum absolute atomic E-state index is 13.0. The molecule has 1 amide bonds. The number of aromatic nitrogens is 6. The van der Waals surface area contributed by atoms with Crippen LogP contribution in [0.15, 0.2) is 73.3 Å². The molecule has 39 heavy (non-hydrogen) atoms. The first kappa shape index (κ1) is 24.5. The summed E-state index contributed by atoms with van der Waals surface area (Å²) < 4.78 is 2.69. The second-order valence-electron chi connectivity index (χ2n) is 8.62. The molecule has 4 heterocycles. The number of carboxylic acids is 1. The molecule has 0 bridgehead atoms. The van der Waals surface area contributed by atoms with E-state index in [2.05, 4.69) is 35.8 Å². The Balaban J connectivity index is 1.22. The van der Waals surface area contributed by atoms with Crippen molar-refractivity contribution in [2.45, 2.75) is 12.5 Å². The van der Waals surface area contributed by atoms with Gasteiger partial charge in [-0.3, -0.25) is 9.20 Å². The van der Waals surface area contributed by atoms with E-state index in [9.17, 15) is 14.7 Å². The summed E-state index contributed by atoms with van der Waals surface area (Å²) in [4.78, 5) is 36.1. The number of rotatable bonds is 8. The van der Waals surface area contributed by atoms with Crippen LogP contribution < -0.4 is 10.6 Å². The minimum absolute atomic E-state index is 0.0628. The summed E-state index contributed by atoms with van der Waals surface area (Å²) in [6.45, 7) is 0. The molecule has 4 N–H and O–H groups in total. The number of imidazole rings is 1. The van der Waals surface area contributed by atoms with Crippen LogP contribution in [0.4, 0.5) is 10.8 Å². The summed E-state index contributed by atoms with van der Waals surface area (Å²) in [6, 6.07) is 15.3. The Bertz CT molecular complexity index is 1810. The Labute approximate surface area is 229 Å². The van der Waals surface area contributed by atoms with Crippen molar-refractivity contribution in [3.8, 4) is 11.4 Å². The standard InChI is InChI=1S/C26H19ClN8O3S/c27-15-5-8-19-21(10-15)39-26(32-19)30-16-6-3-14(4-7-16)22-33-34-23-18(2-1-9-35(22)23)24(36)31-20(25(37)38)11-17-12-28-13-29-17/h1-10,12-13,20H,11H2,(H,28,29)(H,30,32)(H,31,36)(H,37,38)/t20-/m0/s1. The average Bonchev–Trinajstić information content (AvgIpc) is 3.68. The molecule has 1 atom stereocenters. The van der Waals surface area contributed by atoms with Gasteiger partial charge in [0, 0.05) is 40.8 Å². The molecule has 2 aromatic carbocycles. The zero-order chi connectivity index (χ0) is 26.9. The van der Waals surface area contributed by atoms with Gasteiger partial charge in [-0.25, -0.2) is 14.8 Å². The van der Waals surface area contributed by atoms with Gasteiger partial charge in [0.25, 0.3) is 5.91 Å². The molecule has 194 valence electrons. The fourth-order valence-corrected chi connectivity index (χ4v) is 5.28. The third kappa shape index (κ3) is 5.02. The number of aromatic amines is 1. The van der Waals surface area contributed by atoms with Gasteiger partial charge < -0.3 is 20.7 Å². The first-order valence-corrected chi connectivity index (χ1v) is 12.9. The van der Waals surface area contributed by atoms with Gasteiger partial charge in [0.05, 0.1) is 22.1 Å². The minimum atomic E-state index is -1.16. The normalized spacial score (nSPS) is 12.0. The molecule has 0 unspecified atom stereocenters. The largest absolute Gasteiger partial charge is 0.480 e. The van der Waals surface area contributed by atoms with Crippen LogP contribution in [0, 0.1) is 0 Å². The highest BCUT2D eigenvalue weighted by atomic mass is 35.5. The lowest BCUT2D eigenvalue weighted by Crippen LogP contribution is -2.42. The number of hydrogen-bond donors (Lipinski definition) is 4. The van der Waals surface area contributed by atoms with Crippen LogP contribution in [0.25, 0.3) is 27.3 Å². The lowest BCUT2D eigenvalue weighted by molar-refractivity contribution is -0.139. The van der Waals surface area contributed by atoms with Crippen LogP contribution in [0.2, 0.25) is 5.02 Å². The lowest BCUT2D eigenvalue weighted by Gasteiger charge is -2.14. The maximum Gasteiger partial charge on any atom is 0.326 e. The number of amides is 1. The zero-order valence-corrected chi connectivity index (χ0v) is 21.6. The average molecular weight is 559 g/mol. The highest BCUT2D eigenvalue weighted by Crippen LogP contribution is 2.31. The molecule has 0 aliphatic carbocycles. The minimum Gasteiger partial charge on any atom is -0.480 e. The lowest BCUT2D eigenvalue weighted by atomic mass is 10.1. The molecule has 0 saturated heterocycles. The summed E-state index contributed by atoms with van der Waals surface area (Å²) in [5, 5.41) is 25.4. The summed E-state index contributed by atoms with van der Waals surface area (Å²) in [6.07, 6.45) is 4.78. The molecule has 0 saturated carbocycles. The predicted octanol–water partition coefficient (Wildman–Crippen LogP) is 4.55. The molecule has 6 rings (SSSR count). The number of fused-ring (bicyclic) bond motifs is 2. The second kappa shape index (κ2) is 10.2. The number of pyridine rings is 1. The molecular formula is C26H19ClN8O3S. The van der Waals surface area contributed by atoms with E-state index in [4.69, 9.17) is 11.6 Å². The number of carboxylic acid groups (broad SMARTS) is 1. The highest BCUT2D eigenvalue weighted by Gasteiger charge is 2.24. The van der Waals surface area contributed by atoms with E-state index in [1.165, 1.54) is 23.9 Å². The van der Waals surface area contributed by atoms with E-state index in [1.807, 2.05) is 42.5 Å². The summed E-state index contributed by atoms with van der Waals surface area (Å²) in [5.74, 6) is -1.19. The van der Waals surface area contributed by atoms with E-state index in [0.29, 0.717) is 22.2 Å². The van der Waals surface area contributed by atoms with Crippen LogP contribution in [0.1, 0.15) is 16.1 Å². The first-order chi connectivity index (χ1) is 18.9. The third-order valence-corrected chi connectivity index (χ3v) is 7.18. The number of nitrogens with zero attached hydrogens (tertiary/aromatic N) is 5. The van der Waals surface area contributed by atoms with Crippen molar-refractivity contribution in [1.29, 1.82) is 0 Å². The number of H-pyrrole nitrogens is 1. The number of aliphatic carboxylic acids is 1. The molecule has 13 heteroatoms.